The van der Waals surface area contributed by atoms with Gasteiger partial charge in [-0.2, -0.15) is 0 Å². The minimum Gasteiger partial charge on any atom is -0.478 e. The van der Waals surface area contributed by atoms with E-state index in [-0.39, 0.29) is 11.5 Å². The van der Waals surface area contributed by atoms with Crippen molar-refractivity contribution in [2.75, 3.05) is 23.3 Å². The van der Waals surface area contributed by atoms with E-state index in [9.17, 15) is 14.7 Å². The highest BCUT2D eigenvalue weighted by Crippen LogP contribution is 2.28. The molecule has 5 nitrogen and oxygen atoms in total. The molecule has 2 N–H and O–H groups in total. The summed E-state index contributed by atoms with van der Waals surface area (Å²) in [6, 6.07) is 12.2. The number of rotatable bonds is 8. The maximum absolute atomic E-state index is 12.6. The van der Waals surface area contributed by atoms with E-state index in [1.807, 2.05) is 19.1 Å². The third-order valence-electron chi connectivity index (χ3n) is 4.13. The van der Waals surface area contributed by atoms with E-state index in [4.69, 9.17) is 0 Å². The molecular formula is C21H26N2O3. The average molecular weight is 354 g/mol. The molecule has 2 aromatic rings. The molecule has 0 bridgehead atoms. The fraction of sp³-hybridized carbons (Fsp3) is 0.333. The van der Waals surface area contributed by atoms with Gasteiger partial charge >= 0.3 is 5.97 Å². The summed E-state index contributed by atoms with van der Waals surface area (Å²) in [6.45, 7) is 7.84. The molecule has 0 saturated carbocycles. The van der Waals surface area contributed by atoms with Gasteiger partial charge in [-0.3, -0.25) is 4.79 Å². The molecule has 0 aromatic heterocycles. The number of carboxylic acids is 1. The first-order chi connectivity index (χ1) is 12.5. The molecule has 26 heavy (non-hydrogen) atoms. The predicted molar refractivity (Wildman–Crippen MR) is 105 cm³/mol. The molecule has 0 aliphatic carbocycles. The molecule has 0 heterocycles. The summed E-state index contributed by atoms with van der Waals surface area (Å²) in [7, 11) is 0. The van der Waals surface area contributed by atoms with Gasteiger partial charge in [-0.05, 0) is 50.1 Å². The van der Waals surface area contributed by atoms with Gasteiger partial charge in [0.1, 0.15) is 0 Å². The van der Waals surface area contributed by atoms with E-state index in [1.165, 1.54) is 6.07 Å². The molecule has 0 saturated heterocycles. The SMILES string of the molecule is CCCN(CCC)c1ccc(C(=O)O)cc1NC(=O)c1ccc(C)cc1. The average Bonchev–Trinajstić information content (AvgIpc) is 2.62. The van der Waals surface area contributed by atoms with Crippen molar-refractivity contribution in [2.45, 2.75) is 33.6 Å². The lowest BCUT2D eigenvalue weighted by Gasteiger charge is -2.26. The molecule has 0 atom stereocenters. The Morgan fingerprint density at radius 1 is 0.962 bits per heavy atom. The number of nitrogens with one attached hydrogen (secondary N) is 1. The molecule has 0 aliphatic rings. The molecule has 2 aromatic carbocycles. The van der Waals surface area contributed by atoms with E-state index in [2.05, 4.69) is 24.1 Å². The zero-order valence-electron chi connectivity index (χ0n) is 15.6. The number of aryl methyl sites for hydroxylation is 1. The second-order valence-electron chi connectivity index (χ2n) is 6.34. The van der Waals surface area contributed by atoms with Crippen molar-refractivity contribution in [1.29, 1.82) is 0 Å². The van der Waals surface area contributed by atoms with Crippen molar-refractivity contribution in [2.24, 2.45) is 0 Å². The second kappa shape index (κ2) is 9.04. The fourth-order valence-corrected chi connectivity index (χ4v) is 2.84. The Balaban J connectivity index is 2.38. The van der Waals surface area contributed by atoms with Crippen LogP contribution in [0.25, 0.3) is 0 Å². The molecular weight excluding hydrogens is 328 g/mol. The minimum atomic E-state index is -1.01. The number of nitrogens with zero attached hydrogens (tertiary/aromatic N) is 1. The Morgan fingerprint density at radius 3 is 2.08 bits per heavy atom. The largest absolute Gasteiger partial charge is 0.478 e. The van der Waals surface area contributed by atoms with Crippen LogP contribution >= 0.6 is 0 Å². The van der Waals surface area contributed by atoms with Gasteiger partial charge in [0.2, 0.25) is 0 Å². The Hall–Kier alpha value is -2.82. The lowest BCUT2D eigenvalue weighted by Crippen LogP contribution is -2.26. The summed E-state index contributed by atoms with van der Waals surface area (Å²) in [4.78, 5) is 26.1. The van der Waals surface area contributed by atoms with Gasteiger partial charge in [-0.15, -0.1) is 0 Å². The Bertz CT molecular complexity index is 763. The highest BCUT2D eigenvalue weighted by molar-refractivity contribution is 6.06. The highest BCUT2D eigenvalue weighted by atomic mass is 16.4. The van der Waals surface area contributed by atoms with Crippen LogP contribution in [0.3, 0.4) is 0 Å². The van der Waals surface area contributed by atoms with Crippen molar-refractivity contribution in [3.8, 4) is 0 Å². The maximum atomic E-state index is 12.6. The smallest absolute Gasteiger partial charge is 0.335 e. The summed E-state index contributed by atoms with van der Waals surface area (Å²) >= 11 is 0. The fourth-order valence-electron chi connectivity index (χ4n) is 2.84. The second-order valence-corrected chi connectivity index (χ2v) is 6.34. The zero-order valence-corrected chi connectivity index (χ0v) is 15.6. The lowest BCUT2D eigenvalue weighted by atomic mass is 10.1. The number of amides is 1. The molecule has 0 radical (unpaired) electrons. The summed E-state index contributed by atoms with van der Waals surface area (Å²) in [5, 5.41) is 12.2. The molecule has 0 unspecified atom stereocenters. The molecule has 0 aliphatic heterocycles. The molecule has 138 valence electrons. The van der Waals surface area contributed by atoms with Gasteiger partial charge in [0.15, 0.2) is 0 Å². The van der Waals surface area contributed by atoms with Crippen LogP contribution in [0.5, 0.6) is 0 Å². The first-order valence-electron chi connectivity index (χ1n) is 8.96. The van der Waals surface area contributed by atoms with Crippen molar-refractivity contribution < 1.29 is 14.7 Å². The summed E-state index contributed by atoms with van der Waals surface area (Å²) in [5.74, 6) is -1.26. The summed E-state index contributed by atoms with van der Waals surface area (Å²) in [6.07, 6.45) is 1.93. The van der Waals surface area contributed by atoms with Crippen LogP contribution in [0.15, 0.2) is 42.5 Å². The quantitative estimate of drug-likeness (QED) is 0.728. The Labute approximate surface area is 154 Å². The van der Waals surface area contributed by atoms with E-state index in [0.717, 1.165) is 37.2 Å². The first kappa shape index (κ1) is 19.5. The van der Waals surface area contributed by atoms with Gasteiger partial charge in [0, 0.05) is 18.7 Å². The number of carboxylic acid groups (broad SMARTS) is 1. The van der Waals surface area contributed by atoms with Gasteiger partial charge in [-0.25, -0.2) is 4.79 Å². The van der Waals surface area contributed by atoms with Crippen LogP contribution in [0.2, 0.25) is 0 Å². The number of hydrogen-bond donors (Lipinski definition) is 2. The van der Waals surface area contributed by atoms with Crippen molar-refractivity contribution in [1.82, 2.24) is 0 Å². The van der Waals surface area contributed by atoms with E-state index < -0.39 is 5.97 Å². The van der Waals surface area contributed by atoms with Gasteiger partial charge in [0.25, 0.3) is 5.91 Å². The van der Waals surface area contributed by atoms with Crippen LogP contribution in [0.1, 0.15) is 53.0 Å². The standard InChI is InChI=1S/C21H26N2O3/c1-4-12-23(13-5-2)19-11-10-17(21(25)26)14-18(19)22-20(24)16-8-6-15(3)7-9-16/h6-11,14H,4-5,12-13H2,1-3H3,(H,22,24)(H,25,26). The van der Waals surface area contributed by atoms with E-state index >= 15 is 0 Å². The molecule has 0 fully saturated rings. The lowest BCUT2D eigenvalue weighted by molar-refractivity contribution is 0.0696. The van der Waals surface area contributed by atoms with Gasteiger partial charge in [0.05, 0.1) is 16.9 Å². The van der Waals surface area contributed by atoms with Gasteiger partial charge < -0.3 is 15.3 Å². The topological polar surface area (TPSA) is 69.6 Å². The van der Waals surface area contributed by atoms with Crippen LogP contribution < -0.4 is 10.2 Å². The van der Waals surface area contributed by atoms with Crippen LogP contribution in [-0.4, -0.2) is 30.1 Å². The van der Waals surface area contributed by atoms with E-state index in [0.29, 0.717) is 11.3 Å². The maximum Gasteiger partial charge on any atom is 0.335 e. The number of anilines is 2. The minimum absolute atomic E-state index is 0.154. The van der Waals surface area contributed by atoms with Crippen LogP contribution in [-0.2, 0) is 0 Å². The number of benzene rings is 2. The number of hydrogen-bond acceptors (Lipinski definition) is 3. The normalized spacial score (nSPS) is 10.4. The zero-order chi connectivity index (χ0) is 19.1. The number of carbonyl (C=O) groups excluding carboxylic acids is 1. The molecule has 2 rings (SSSR count). The Morgan fingerprint density at radius 2 is 1.54 bits per heavy atom. The third-order valence-corrected chi connectivity index (χ3v) is 4.13. The summed E-state index contributed by atoms with van der Waals surface area (Å²) in [5.41, 5.74) is 3.14. The molecule has 5 heteroatoms. The van der Waals surface area contributed by atoms with Crippen LogP contribution in [0, 0.1) is 6.92 Å². The first-order valence-corrected chi connectivity index (χ1v) is 8.96. The van der Waals surface area contributed by atoms with E-state index in [1.54, 1.807) is 24.3 Å². The molecule has 0 spiro atoms. The monoisotopic (exact) mass is 354 g/mol. The van der Waals surface area contributed by atoms with Crippen molar-refractivity contribution >= 4 is 23.3 Å². The number of aromatic carboxylic acids is 1. The van der Waals surface area contributed by atoms with Crippen LogP contribution in [0.4, 0.5) is 11.4 Å². The predicted octanol–water partition coefficient (Wildman–Crippen LogP) is 4.57. The summed E-state index contributed by atoms with van der Waals surface area (Å²) < 4.78 is 0. The molecule has 1 amide bonds. The Kier molecular flexibility index (Phi) is 6.78. The number of carbonyl (C=O) groups is 2. The highest BCUT2D eigenvalue weighted by Gasteiger charge is 2.16. The van der Waals surface area contributed by atoms with Crippen molar-refractivity contribution in [3.05, 3.63) is 59.2 Å². The van der Waals surface area contributed by atoms with Gasteiger partial charge in [-0.1, -0.05) is 31.5 Å². The third kappa shape index (κ3) is 4.85. The van der Waals surface area contributed by atoms with Crippen molar-refractivity contribution in [3.63, 3.8) is 0 Å².